The predicted octanol–water partition coefficient (Wildman–Crippen LogP) is 3.55. The van der Waals surface area contributed by atoms with Crippen LogP contribution < -0.4 is 5.73 Å². The van der Waals surface area contributed by atoms with Crippen LogP contribution in [0.2, 0.25) is 0 Å². The first-order chi connectivity index (χ1) is 8.63. The summed E-state index contributed by atoms with van der Waals surface area (Å²) in [4.78, 5) is 4.45. The predicted molar refractivity (Wildman–Crippen MR) is 76.5 cm³/mol. The van der Waals surface area contributed by atoms with Gasteiger partial charge in [0.05, 0.1) is 6.33 Å². The second-order valence-electron chi connectivity index (χ2n) is 4.82. The molecule has 2 aromatic rings. The number of aromatic nitrogens is 2. The van der Waals surface area contributed by atoms with Gasteiger partial charge in [-0.05, 0) is 37.5 Å². The molecule has 0 atom stereocenters. The van der Waals surface area contributed by atoms with Crippen LogP contribution in [0, 0.1) is 13.8 Å². The molecule has 0 saturated heterocycles. The third kappa shape index (κ3) is 2.40. The Bertz CT molecular complexity index is 541. The average molecular weight is 243 g/mol. The van der Waals surface area contributed by atoms with Crippen molar-refractivity contribution in [3.05, 3.63) is 35.7 Å². The van der Waals surface area contributed by atoms with Gasteiger partial charge < -0.3 is 10.3 Å². The molecule has 3 heteroatoms. The van der Waals surface area contributed by atoms with Gasteiger partial charge in [-0.1, -0.05) is 25.5 Å². The maximum absolute atomic E-state index is 6.16. The zero-order valence-electron chi connectivity index (χ0n) is 11.4. The molecular weight excluding hydrogens is 222 g/mol. The summed E-state index contributed by atoms with van der Waals surface area (Å²) in [6, 6.07) is 6.36. The number of imidazole rings is 1. The highest BCUT2D eigenvalue weighted by Crippen LogP contribution is 2.26. The number of aryl methyl sites for hydroxylation is 3. The van der Waals surface area contributed by atoms with Gasteiger partial charge in [0, 0.05) is 12.1 Å². The molecule has 96 valence electrons. The number of nitrogens with zero attached hydrogens (tertiary/aromatic N) is 2. The number of rotatable bonds is 4. The van der Waals surface area contributed by atoms with Crippen LogP contribution >= 0.6 is 0 Å². The largest absolute Gasteiger partial charge is 0.383 e. The Morgan fingerprint density at radius 1 is 1.22 bits per heavy atom. The quantitative estimate of drug-likeness (QED) is 0.892. The molecule has 1 aromatic carbocycles. The van der Waals surface area contributed by atoms with Gasteiger partial charge in [-0.2, -0.15) is 0 Å². The SMILES string of the molecule is CCCCn1cnc(-c2ccc(C)c(C)c2)c1N. The van der Waals surface area contributed by atoms with E-state index >= 15 is 0 Å². The first-order valence-corrected chi connectivity index (χ1v) is 6.51. The molecule has 18 heavy (non-hydrogen) atoms. The third-order valence-corrected chi connectivity index (χ3v) is 3.41. The Balaban J connectivity index is 2.33. The van der Waals surface area contributed by atoms with Crippen molar-refractivity contribution in [3.8, 4) is 11.3 Å². The molecule has 1 heterocycles. The van der Waals surface area contributed by atoms with Gasteiger partial charge in [0.1, 0.15) is 11.5 Å². The van der Waals surface area contributed by atoms with E-state index in [2.05, 4.69) is 44.0 Å². The summed E-state index contributed by atoms with van der Waals surface area (Å²) in [5, 5.41) is 0. The van der Waals surface area contributed by atoms with Crippen LogP contribution in [0.4, 0.5) is 5.82 Å². The van der Waals surface area contributed by atoms with Gasteiger partial charge in [-0.3, -0.25) is 0 Å². The molecule has 0 fully saturated rings. The van der Waals surface area contributed by atoms with Crippen LogP contribution in [0.3, 0.4) is 0 Å². The van der Waals surface area contributed by atoms with Crippen molar-refractivity contribution in [2.24, 2.45) is 0 Å². The number of hydrogen-bond donors (Lipinski definition) is 1. The lowest BCUT2D eigenvalue weighted by Crippen LogP contribution is -2.02. The Kier molecular flexibility index (Phi) is 3.70. The van der Waals surface area contributed by atoms with Crippen LogP contribution in [-0.4, -0.2) is 9.55 Å². The summed E-state index contributed by atoms with van der Waals surface area (Å²) in [5.41, 5.74) is 10.7. The van der Waals surface area contributed by atoms with Crippen LogP contribution in [0.5, 0.6) is 0 Å². The third-order valence-electron chi connectivity index (χ3n) is 3.41. The fraction of sp³-hybridized carbons (Fsp3) is 0.400. The topological polar surface area (TPSA) is 43.8 Å². The van der Waals surface area contributed by atoms with E-state index in [4.69, 9.17) is 5.73 Å². The van der Waals surface area contributed by atoms with E-state index in [9.17, 15) is 0 Å². The zero-order valence-corrected chi connectivity index (χ0v) is 11.4. The standard InChI is InChI=1S/C15H21N3/c1-4-5-8-18-10-17-14(15(18)16)13-7-6-11(2)12(3)9-13/h6-7,9-10H,4-5,8,16H2,1-3H3. The van der Waals surface area contributed by atoms with E-state index < -0.39 is 0 Å². The monoisotopic (exact) mass is 243 g/mol. The molecule has 0 aliphatic carbocycles. The number of nitrogen functional groups attached to an aromatic ring is 1. The number of unbranched alkanes of at least 4 members (excludes halogenated alkanes) is 1. The van der Waals surface area contributed by atoms with Crippen LogP contribution in [0.15, 0.2) is 24.5 Å². The summed E-state index contributed by atoms with van der Waals surface area (Å²) in [5.74, 6) is 0.770. The van der Waals surface area contributed by atoms with E-state index in [-0.39, 0.29) is 0 Å². The van der Waals surface area contributed by atoms with Crippen molar-refractivity contribution in [1.82, 2.24) is 9.55 Å². The van der Waals surface area contributed by atoms with Gasteiger partial charge in [0.2, 0.25) is 0 Å². The molecule has 0 aliphatic rings. The van der Waals surface area contributed by atoms with E-state index in [0.29, 0.717) is 0 Å². The van der Waals surface area contributed by atoms with Crippen molar-refractivity contribution in [2.75, 3.05) is 5.73 Å². The van der Waals surface area contributed by atoms with Gasteiger partial charge in [-0.25, -0.2) is 4.98 Å². The first kappa shape index (κ1) is 12.7. The molecule has 0 radical (unpaired) electrons. The maximum atomic E-state index is 6.16. The van der Waals surface area contributed by atoms with Crippen molar-refractivity contribution >= 4 is 5.82 Å². The minimum atomic E-state index is 0.770. The zero-order chi connectivity index (χ0) is 13.1. The lowest BCUT2D eigenvalue weighted by atomic mass is 10.0. The Morgan fingerprint density at radius 2 is 2.00 bits per heavy atom. The smallest absolute Gasteiger partial charge is 0.131 e. The Morgan fingerprint density at radius 3 is 2.67 bits per heavy atom. The number of nitrogens with two attached hydrogens (primary N) is 1. The second-order valence-corrected chi connectivity index (χ2v) is 4.82. The highest BCUT2D eigenvalue weighted by atomic mass is 15.1. The molecule has 3 nitrogen and oxygen atoms in total. The first-order valence-electron chi connectivity index (χ1n) is 6.51. The van der Waals surface area contributed by atoms with Crippen molar-refractivity contribution in [1.29, 1.82) is 0 Å². The average Bonchev–Trinajstić information content (AvgIpc) is 2.72. The van der Waals surface area contributed by atoms with Crippen molar-refractivity contribution in [3.63, 3.8) is 0 Å². The summed E-state index contributed by atoms with van der Waals surface area (Å²) in [7, 11) is 0. The highest BCUT2D eigenvalue weighted by Gasteiger charge is 2.10. The van der Waals surface area contributed by atoms with E-state index in [0.717, 1.165) is 36.5 Å². The summed E-state index contributed by atoms with van der Waals surface area (Å²) in [6.45, 7) is 7.35. The second kappa shape index (κ2) is 5.25. The summed E-state index contributed by atoms with van der Waals surface area (Å²) < 4.78 is 2.04. The normalized spacial score (nSPS) is 10.8. The molecule has 2 rings (SSSR count). The highest BCUT2D eigenvalue weighted by molar-refractivity contribution is 5.71. The lowest BCUT2D eigenvalue weighted by molar-refractivity contribution is 0.637. The van der Waals surface area contributed by atoms with E-state index in [1.807, 2.05) is 10.9 Å². The van der Waals surface area contributed by atoms with Crippen LogP contribution in [0.25, 0.3) is 11.3 Å². The molecule has 0 amide bonds. The Labute approximate surface area is 109 Å². The molecule has 0 unspecified atom stereocenters. The molecule has 0 saturated carbocycles. The fourth-order valence-corrected chi connectivity index (χ4v) is 2.01. The number of benzene rings is 1. The summed E-state index contributed by atoms with van der Waals surface area (Å²) >= 11 is 0. The molecular formula is C15H21N3. The summed E-state index contributed by atoms with van der Waals surface area (Å²) in [6.07, 6.45) is 4.14. The molecule has 0 aliphatic heterocycles. The van der Waals surface area contributed by atoms with Crippen molar-refractivity contribution in [2.45, 2.75) is 40.2 Å². The van der Waals surface area contributed by atoms with Gasteiger partial charge in [0.15, 0.2) is 0 Å². The van der Waals surface area contributed by atoms with Crippen LogP contribution in [-0.2, 0) is 6.54 Å². The molecule has 0 spiro atoms. The van der Waals surface area contributed by atoms with Gasteiger partial charge in [-0.15, -0.1) is 0 Å². The van der Waals surface area contributed by atoms with Crippen LogP contribution in [0.1, 0.15) is 30.9 Å². The number of anilines is 1. The lowest BCUT2D eigenvalue weighted by Gasteiger charge is -2.06. The van der Waals surface area contributed by atoms with Gasteiger partial charge >= 0.3 is 0 Å². The molecule has 0 bridgehead atoms. The van der Waals surface area contributed by atoms with Gasteiger partial charge in [0.25, 0.3) is 0 Å². The minimum Gasteiger partial charge on any atom is -0.383 e. The maximum Gasteiger partial charge on any atom is 0.131 e. The number of hydrogen-bond acceptors (Lipinski definition) is 2. The van der Waals surface area contributed by atoms with E-state index in [1.54, 1.807) is 0 Å². The molecule has 1 aromatic heterocycles. The van der Waals surface area contributed by atoms with Crippen molar-refractivity contribution < 1.29 is 0 Å². The van der Waals surface area contributed by atoms with E-state index in [1.165, 1.54) is 11.1 Å². The molecule has 2 N–H and O–H groups in total. The Hall–Kier alpha value is -1.77. The minimum absolute atomic E-state index is 0.770. The fourth-order valence-electron chi connectivity index (χ4n) is 2.01.